The topological polar surface area (TPSA) is 96.3 Å². The van der Waals surface area contributed by atoms with Gasteiger partial charge in [0.05, 0.1) is 22.8 Å². The molecule has 1 aromatic heterocycles. The van der Waals surface area contributed by atoms with Gasteiger partial charge in [0.25, 0.3) is 5.91 Å². The lowest BCUT2D eigenvalue weighted by Gasteiger charge is -2.32. The SMILES string of the molecule is Cc1nn(-c2ccccc2)c(C)c1NC(=O)CN1C(=O)NC2(CCc3ccccc3C2)C1=O. The summed E-state index contributed by atoms with van der Waals surface area (Å²) >= 11 is 0. The van der Waals surface area contributed by atoms with E-state index in [0.29, 0.717) is 30.6 Å². The van der Waals surface area contributed by atoms with Crippen molar-refractivity contribution in [3.05, 3.63) is 77.1 Å². The van der Waals surface area contributed by atoms with Crippen LogP contribution in [0.2, 0.25) is 0 Å². The van der Waals surface area contributed by atoms with Gasteiger partial charge in [0.15, 0.2) is 0 Å². The Morgan fingerprint density at radius 3 is 2.52 bits per heavy atom. The minimum Gasteiger partial charge on any atom is -0.323 e. The summed E-state index contributed by atoms with van der Waals surface area (Å²) in [6.45, 7) is 3.33. The van der Waals surface area contributed by atoms with Crippen molar-refractivity contribution < 1.29 is 14.4 Å². The molecule has 2 aliphatic rings. The molecule has 33 heavy (non-hydrogen) atoms. The van der Waals surface area contributed by atoms with Crippen molar-refractivity contribution in [2.45, 2.75) is 38.6 Å². The number of amides is 4. The number of para-hydroxylation sites is 1. The van der Waals surface area contributed by atoms with Gasteiger partial charge in [0.1, 0.15) is 12.1 Å². The summed E-state index contributed by atoms with van der Waals surface area (Å²) in [4.78, 5) is 39.8. The van der Waals surface area contributed by atoms with Gasteiger partial charge in [-0.05, 0) is 49.9 Å². The molecule has 4 amide bonds. The molecule has 168 valence electrons. The zero-order valence-corrected chi connectivity index (χ0v) is 18.6. The molecule has 0 bridgehead atoms. The second-order valence-electron chi connectivity index (χ2n) is 8.69. The number of aromatic nitrogens is 2. The molecule has 1 atom stereocenters. The van der Waals surface area contributed by atoms with Gasteiger partial charge in [0, 0.05) is 6.42 Å². The van der Waals surface area contributed by atoms with Crippen LogP contribution < -0.4 is 10.6 Å². The summed E-state index contributed by atoms with van der Waals surface area (Å²) in [5.41, 5.74) is 4.16. The van der Waals surface area contributed by atoms with E-state index in [9.17, 15) is 14.4 Å². The van der Waals surface area contributed by atoms with Crippen molar-refractivity contribution in [2.75, 3.05) is 11.9 Å². The Morgan fingerprint density at radius 2 is 1.76 bits per heavy atom. The van der Waals surface area contributed by atoms with Crippen LogP contribution in [0.3, 0.4) is 0 Å². The fraction of sp³-hybridized carbons (Fsp3) is 0.280. The molecule has 0 saturated carbocycles. The van der Waals surface area contributed by atoms with Crippen LogP contribution in [0.25, 0.3) is 5.69 Å². The Bertz CT molecular complexity index is 1270. The summed E-state index contributed by atoms with van der Waals surface area (Å²) in [5.74, 6) is -0.781. The number of carbonyl (C=O) groups excluding carboxylic acids is 3. The largest absolute Gasteiger partial charge is 0.325 e. The number of carbonyl (C=O) groups is 3. The van der Waals surface area contributed by atoms with Gasteiger partial charge >= 0.3 is 6.03 Å². The van der Waals surface area contributed by atoms with Crippen molar-refractivity contribution in [1.29, 1.82) is 0 Å². The standard InChI is InChI=1S/C25H25N5O3/c1-16-22(17(2)30(28-16)20-10-4-3-5-11-20)26-21(31)15-29-23(32)25(27-24(29)33)13-12-18-8-6-7-9-19(18)14-25/h3-11H,12-15H2,1-2H3,(H,26,31)(H,27,33). The molecule has 2 N–H and O–H groups in total. The van der Waals surface area contributed by atoms with E-state index in [4.69, 9.17) is 0 Å². The van der Waals surface area contributed by atoms with Crippen molar-refractivity contribution in [3.63, 3.8) is 0 Å². The summed E-state index contributed by atoms with van der Waals surface area (Å²) < 4.78 is 1.76. The van der Waals surface area contributed by atoms with Gasteiger partial charge in [-0.1, -0.05) is 42.5 Å². The molecule has 1 spiro atoms. The fourth-order valence-electron chi connectivity index (χ4n) is 4.81. The number of urea groups is 1. The Hall–Kier alpha value is -3.94. The van der Waals surface area contributed by atoms with Crippen LogP contribution in [0.15, 0.2) is 54.6 Å². The first-order valence-electron chi connectivity index (χ1n) is 11.0. The summed E-state index contributed by atoms with van der Waals surface area (Å²) in [7, 11) is 0. The van der Waals surface area contributed by atoms with E-state index in [1.807, 2.05) is 62.4 Å². The first-order chi connectivity index (χ1) is 15.9. The van der Waals surface area contributed by atoms with Gasteiger partial charge in [0.2, 0.25) is 5.91 Å². The van der Waals surface area contributed by atoms with E-state index in [1.54, 1.807) is 4.68 Å². The molecule has 1 aliphatic carbocycles. The lowest BCUT2D eigenvalue weighted by atomic mass is 9.78. The highest BCUT2D eigenvalue weighted by Gasteiger charge is 2.52. The van der Waals surface area contributed by atoms with Crippen LogP contribution in [0.5, 0.6) is 0 Å². The highest BCUT2D eigenvalue weighted by atomic mass is 16.2. The molecule has 1 unspecified atom stereocenters. The maximum atomic E-state index is 13.3. The molecular weight excluding hydrogens is 418 g/mol. The molecule has 2 heterocycles. The summed E-state index contributed by atoms with van der Waals surface area (Å²) in [6.07, 6.45) is 1.67. The Labute approximate surface area is 191 Å². The normalized spacial score (nSPS) is 19.5. The molecule has 1 aliphatic heterocycles. The van der Waals surface area contributed by atoms with Crippen molar-refractivity contribution >= 4 is 23.5 Å². The van der Waals surface area contributed by atoms with Crippen LogP contribution in [-0.4, -0.2) is 44.6 Å². The zero-order chi connectivity index (χ0) is 23.2. The molecule has 1 saturated heterocycles. The first-order valence-corrected chi connectivity index (χ1v) is 11.0. The Morgan fingerprint density at radius 1 is 1.06 bits per heavy atom. The number of fused-ring (bicyclic) bond motifs is 1. The minimum atomic E-state index is -0.976. The highest BCUT2D eigenvalue weighted by Crippen LogP contribution is 2.33. The molecule has 2 aromatic carbocycles. The van der Waals surface area contributed by atoms with E-state index >= 15 is 0 Å². The summed E-state index contributed by atoms with van der Waals surface area (Å²) in [5, 5.41) is 10.2. The van der Waals surface area contributed by atoms with E-state index in [2.05, 4.69) is 21.8 Å². The second kappa shape index (κ2) is 7.88. The van der Waals surface area contributed by atoms with Gasteiger partial charge in [-0.2, -0.15) is 5.10 Å². The van der Waals surface area contributed by atoms with Gasteiger partial charge in [-0.25, -0.2) is 9.48 Å². The maximum Gasteiger partial charge on any atom is 0.325 e. The summed E-state index contributed by atoms with van der Waals surface area (Å²) in [6, 6.07) is 17.0. The Kier molecular flexibility index (Phi) is 5.00. The van der Waals surface area contributed by atoms with Crippen LogP contribution in [0.1, 0.15) is 28.9 Å². The molecule has 5 rings (SSSR count). The molecular formula is C25H25N5O3. The lowest BCUT2D eigenvalue weighted by Crippen LogP contribution is -2.51. The number of imide groups is 1. The van der Waals surface area contributed by atoms with Crippen LogP contribution in [-0.2, 0) is 22.4 Å². The van der Waals surface area contributed by atoms with Gasteiger partial charge in [-0.15, -0.1) is 0 Å². The minimum absolute atomic E-state index is 0.342. The zero-order valence-electron chi connectivity index (χ0n) is 18.6. The third kappa shape index (κ3) is 3.57. The Balaban J connectivity index is 1.32. The second-order valence-corrected chi connectivity index (χ2v) is 8.69. The number of nitrogens with zero attached hydrogens (tertiary/aromatic N) is 3. The number of hydrogen-bond donors (Lipinski definition) is 2. The average Bonchev–Trinajstić information content (AvgIpc) is 3.22. The number of rotatable bonds is 4. The maximum absolute atomic E-state index is 13.3. The van der Waals surface area contributed by atoms with Crippen molar-refractivity contribution in [3.8, 4) is 5.69 Å². The monoisotopic (exact) mass is 443 g/mol. The van der Waals surface area contributed by atoms with E-state index < -0.39 is 17.5 Å². The third-order valence-electron chi connectivity index (χ3n) is 6.54. The molecule has 8 nitrogen and oxygen atoms in total. The van der Waals surface area contributed by atoms with E-state index in [1.165, 1.54) is 5.56 Å². The predicted molar refractivity (Wildman–Crippen MR) is 123 cm³/mol. The third-order valence-corrected chi connectivity index (χ3v) is 6.54. The highest BCUT2D eigenvalue weighted by molar-refractivity contribution is 6.10. The predicted octanol–water partition coefficient (Wildman–Crippen LogP) is 2.91. The quantitative estimate of drug-likeness (QED) is 0.606. The molecule has 8 heteroatoms. The fourth-order valence-corrected chi connectivity index (χ4v) is 4.81. The average molecular weight is 444 g/mol. The number of nitrogens with one attached hydrogen (secondary N) is 2. The van der Waals surface area contributed by atoms with Crippen molar-refractivity contribution in [1.82, 2.24) is 20.0 Å². The molecule has 3 aromatic rings. The van der Waals surface area contributed by atoms with E-state index in [-0.39, 0.29) is 12.5 Å². The van der Waals surface area contributed by atoms with Crippen LogP contribution >= 0.6 is 0 Å². The van der Waals surface area contributed by atoms with E-state index in [0.717, 1.165) is 21.8 Å². The first kappa shape index (κ1) is 20.9. The van der Waals surface area contributed by atoms with Crippen molar-refractivity contribution in [2.24, 2.45) is 0 Å². The van der Waals surface area contributed by atoms with Gasteiger partial charge in [-0.3, -0.25) is 14.5 Å². The smallest absolute Gasteiger partial charge is 0.323 e. The number of anilines is 1. The van der Waals surface area contributed by atoms with Crippen LogP contribution in [0, 0.1) is 13.8 Å². The molecule has 0 radical (unpaired) electrons. The number of benzene rings is 2. The molecule has 1 fully saturated rings. The lowest BCUT2D eigenvalue weighted by molar-refractivity contribution is -0.134. The number of aryl methyl sites for hydroxylation is 2. The number of hydrogen-bond acceptors (Lipinski definition) is 4. The van der Waals surface area contributed by atoms with Crippen LogP contribution in [0.4, 0.5) is 10.5 Å². The van der Waals surface area contributed by atoms with Gasteiger partial charge < -0.3 is 10.6 Å².